The van der Waals surface area contributed by atoms with E-state index in [9.17, 15) is 4.79 Å². The highest BCUT2D eigenvalue weighted by molar-refractivity contribution is 5.91. The Morgan fingerprint density at radius 1 is 1.60 bits per heavy atom. The van der Waals surface area contributed by atoms with Crippen LogP contribution in [-0.4, -0.2) is 35.6 Å². The molecular formula is C11H17NO3. The summed E-state index contributed by atoms with van der Waals surface area (Å²) in [4.78, 5) is 13.3. The van der Waals surface area contributed by atoms with E-state index in [1.54, 1.807) is 37.9 Å². The van der Waals surface area contributed by atoms with Gasteiger partial charge in [-0.2, -0.15) is 0 Å². The van der Waals surface area contributed by atoms with Crippen LogP contribution in [0.1, 0.15) is 29.7 Å². The molecule has 1 rings (SSSR count). The average molecular weight is 211 g/mol. The van der Waals surface area contributed by atoms with Crippen LogP contribution >= 0.6 is 0 Å². The van der Waals surface area contributed by atoms with Crippen LogP contribution < -0.4 is 0 Å². The number of carbonyl (C=O) groups is 1. The lowest BCUT2D eigenvalue weighted by molar-refractivity contribution is 0.0736. The summed E-state index contributed by atoms with van der Waals surface area (Å²) in [5, 5.41) is 9.10. The first-order chi connectivity index (χ1) is 7.00. The first-order valence-corrected chi connectivity index (χ1v) is 5.00. The summed E-state index contributed by atoms with van der Waals surface area (Å²) in [6.45, 7) is 4.03. The fourth-order valence-electron chi connectivity index (χ4n) is 1.22. The highest BCUT2D eigenvalue weighted by Crippen LogP contribution is 2.09. The molecule has 4 heteroatoms. The minimum Gasteiger partial charge on any atom is -0.456 e. The Labute approximate surface area is 89.5 Å². The van der Waals surface area contributed by atoms with E-state index in [1.807, 2.05) is 0 Å². The first-order valence-electron chi connectivity index (χ1n) is 5.00. The lowest BCUT2D eigenvalue weighted by Crippen LogP contribution is -2.29. The van der Waals surface area contributed by atoms with Crippen molar-refractivity contribution in [3.05, 3.63) is 23.7 Å². The molecule has 0 aromatic carbocycles. The van der Waals surface area contributed by atoms with Crippen LogP contribution in [0.5, 0.6) is 0 Å². The molecule has 1 unspecified atom stereocenters. The number of hydrogen-bond donors (Lipinski definition) is 1. The number of hydrogen-bond acceptors (Lipinski definition) is 3. The van der Waals surface area contributed by atoms with Gasteiger partial charge in [0.1, 0.15) is 5.76 Å². The maximum atomic E-state index is 11.7. The van der Waals surface area contributed by atoms with Gasteiger partial charge in [0.25, 0.3) is 5.91 Å². The van der Waals surface area contributed by atoms with E-state index in [2.05, 4.69) is 0 Å². The number of nitrogens with zero attached hydrogens (tertiary/aromatic N) is 1. The zero-order valence-corrected chi connectivity index (χ0v) is 9.36. The predicted octanol–water partition coefficient (Wildman–Crippen LogP) is 1.43. The largest absolute Gasteiger partial charge is 0.456 e. The van der Waals surface area contributed by atoms with Gasteiger partial charge in [-0.15, -0.1) is 0 Å². The van der Waals surface area contributed by atoms with Crippen molar-refractivity contribution in [2.75, 3.05) is 13.6 Å². The van der Waals surface area contributed by atoms with Gasteiger partial charge in [-0.25, -0.2) is 0 Å². The third-order valence-electron chi connectivity index (χ3n) is 2.18. The topological polar surface area (TPSA) is 53.7 Å². The summed E-state index contributed by atoms with van der Waals surface area (Å²) in [6.07, 6.45) is 0.181. The molecule has 84 valence electrons. The summed E-state index contributed by atoms with van der Waals surface area (Å²) in [7, 11) is 1.70. The van der Waals surface area contributed by atoms with Crippen LogP contribution in [0.2, 0.25) is 0 Å². The van der Waals surface area contributed by atoms with Crippen molar-refractivity contribution in [1.82, 2.24) is 4.90 Å². The Kier molecular flexibility index (Phi) is 3.91. The average Bonchev–Trinajstić information content (AvgIpc) is 2.60. The summed E-state index contributed by atoms with van der Waals surface area (Å²) in [5.74, 6) is 0.923. The predicted molar refractivity (Wildman–Crippen MR) is 56.7 cm³/mol. The second-order valence-electron chi connectivity index (χ2n) is 3.77. The molecule has 1 aromatic heterocycles. The van der Waals surface area contributed by atoms with Gasteiger partial charge in [-0.05, 0) is 32.4 Å². The summed E-state index contributed by atoms with van der Waals surface area (Å²) < 4.78 is 5.22. The number of furan rings is 1. The molecule has 1 atom stereocenters. The van der Waals surface area contributed by atoms with Gasteiger partial charge < -0.3 is 14.4 Å². The molecule has 1 amide bonds. The summed E-state index contributed by atoms with van der Waals surface area (Å²) in [6, 6.07) is 3.42. The molecule has 0 spiro atoms. The van der Waals surface area contributed by atoms with Gasteiger partial charge in [0.2, 0.25) is 0 Å². The zero-order valence-electron chi connectivity index (χ0n) is 9.36. The van der Waals surface area contributed by atoms with Crippen molar-refractivity contribution in [1.29, 1.82) is 0 Å². The highest BCUT2D eigenvalue weighted by atomic mass is 16.3. The van der Waals surface area contributed by atoms with Gasteiger partial charge in [-0.1, -0.05) is 0 Å². The molecule has 0 bridgehead atoms. The molecule has 0 saturated carbocycles. The molecule has 1 aromatic rings. The summed E-state index contributed by atoms with van der Waals surface area (Å²) >= 11 is 0. The monoisotopic (exact) mass is 211 g/mol. The lowest BCUT2D eigenvalue weighted by Gasteiger charge is -2.16. The Bertz CT molecular complexity index is 330. The third-order valence-corrected chi connectivity index (χ3v) is 2.18. The molecule has 0 aliphatic rings. The zero-order chi connectivity index (χ0) is 11.4. The van der Waals surface area contributed by atoms with Crippen molar-refractivity contribution in [3.8, 4) is 0 Å². The smallest absolute Gasteiger partial charge is 0.289 e. The fraction of sp³-hybridized carbons (Fsp3) is 0.545. The van der Waals surface area contributed by atoms with Gasteiger partial charge in [0.15, 0.2) is 5.76 Å². The molecule has 0 aliphatic heterocycles. The van der Waals surface area contributed by atoms with Crippen molar-refractivity contribution in [2.24, 2.45) is 0 Å². The molecule has 0 fully saturated rings. The Morgan fingerprint density at radius 2 is 2.27 bits per heavy atom. The number of aliphatic hydroxyl groups is 1. The number of aliphatic hydroxyl groups excluding tert-OH is 1. The maximum absolute atomic E-state index is 11.7. The molecule has 0 radical (unpaired) electrons. The quantitative estimate of drug-likeness (QED) is 0.819. The van der Waals surface area contributed by atoms with E-state index in [4.69, 9.17) is 9.52 Å². The van der Waals surface area contributed by atoms with Crippen molar-refractivity contribution >= 4 is 5.91 Å². The second kappa shape index (κ2) is 4.98. The Morgan fingerprint density at radius 3 is 2.73 bits per heavy atom. The molecule has 4 nitrogen and oxygen atoms in total. The molecule has 0 saturated heterocycles. The minimum atomic E-state index is -0.390. The highest BCUT2D eigenvalue weighted by Gasteiger charge is 2.15. The van der Waals surface area contributed by atoms with Gasteiger partial charge in [-0.3, -0.25) is 4.79 Å². The number of amides is 1. The van der Waals surface area contributed by atoms with Gasteiger partial charge >= 0.3 is 0 Å². The molecule has 1 heterocycles. The number of rotatable bonds is 4. The molecule has 1 N–H and O–H groups in total. The second-order valence-corrected chi connectivity index (χ2v) is 3.77. The molecule has 15 heavy (non-hydrogen) atoms. The van der Waals surface area contributed by atoms with E-state index in [1.165, 1.54) is 0 Å². The van der Waals surface area contributed by atoms with E-state index in [-0.39, 0.29) is 5.91 Å². The first kappa shape index (κ1) is 11.8. The summed E-state index contributed by atoms with van der Waals surface area (Å²) in [5.41, 5.74) is 0. The number of aryl methyl sites for hydroxylation is 1. The van der Waals surface area contributed by atoms with E-state index >= 15 is 0 Å². The Balaban J connectivity index is 2.53. The SMILES string of the molecule is Cc1ccc(C(=O)N(C)CCC(C)O)o1. The lowest BCUT2D eigenvalue weighted by atomic mass is 10.2. The van der Waals surface area contributed by atoms with Crippen LogP contribution in [0.15, 0.2) is 16.5 Å². The maximum Gasteiger partial charge on any atom is 0.289 e. The van der Waals surface area contributed by atoms with Crippen LogP contribution in [0, 0.1) is 6.92 Å². The van der Waals surface area contributed by atoms with Crippen LogP contribution in [-0.2, 0) is 0 Å². The number of carbonyl (C=O) groups excluding carboxylic acids is 1. The fourth-order valence-corrected chi connectivity index (χ4v) is 1.22. The normalized spacial score (nSPS) is 12.5. The minimum absolute atomic E-state index is 0.149. The van der Waals surface area contributed by atoms with E-state index in [0.29, 0.717) is 18.7 Å². The third kappa shape index (κ3) is 3.40. The van der Waals surface area contributed by atoms with Crippen molar-refractivity contribution < 1.29 is 14.3 Å². The van der Waals surface area contributed by atoms with Gasteiger partial charge in [0.05, 0.1) is 6.10 Å². The standard InChI is InChI=1S/C11H17NO3/c1-8(13)6-7-12(3)11(14)10-5-4-9(2)15-10/h4-5,8,13H,6-7H2,1-3H3. The van der Waals surface area contributed by atoms with Gasteiger partial charge in [0, 0.05) is 13.6 Å². The Hall–Kier alpha value is -1.29. The van der Waals surface area contributed by atoms with Crippen molar-refractivity contribution in [2.45, 2.75) is 26.4 Å². The van der Waals surface area contributed by atoms with E-state index < -0.39 is 6.10 Å². The van der Waals surface area contributed by atoms with Crippen LogP contribution in [0.4, 0.5) is 0 Å². The van der Waals surface area contributed by atoms with E-state index in [0.717, 1.165) is 5.76 Å². The van der Waals surface area contributed by atoms with Crippen molar-refractivity contribution in [3.63, 3.8) is 0 Å². The van der Waals surface area contributed by atoms with Crippen LogP contribution in [0.25, 0.3) is 0 Å². The molecule has 0 aliphatic carbocycles. The molecular weight excluding hydrogens is 194 g/mol. The van der Waals surface area contributed by atoms with Crippen LogP contribution in [0.3, 0.4) is 0 Å².